The molecule has 0 bridgehead atoms. The van der Waals surface area contributed by atoms with Gasteiger partial charge in [0.15, 0.2) is 0 Å². The second kappa shape index (κ2) is 6.02. The van der Waals surface area contributed by atoms with Gasteiger partial charge in [0.1, 0.15) is 0 Å². The summed E-state index contributed by atoms with van der Waals surface area (Å²) in [5.74, 6) is 0. The van der Waals surface area contributed by atoms with E-state index in [1.54, 1.807) is 0 Å². The lowest BCUT2D eigenvalue weighted by Crippen LogP contribution is -2.24. The topological polar surface area (TPSA) is 3.24 Å². The number of nitrogens with zero attached hydrogens (tertiary/aromatic N) is 1. The molecule has 0 aliphatic rings. The van der Waals surface area contributed by atoms with Crippen molar-refractivity contribution in [1.82, 2.24) is 4.90 Å². The zero-order chi connectivity index (χ0) is 7.98. The van der Waals surface area contributed by atoms with Crippen LogP contribution in [0.15, 0.2) is 11.6 Å². The molecule has 10 heavy (non-hydrogen) atoms. The van der Waals surface area contributed by atoms with Gasteiger partial charge >= 0.3 is 0 Å². The first-order valence-corrected chi connectivity index (χ1v) is 4.12. The predicted octanol–water partition coefficient (Wildman–Crippen LogP) is 2.30. The highest BCUT2D eigenvalue weighted by Crippen LogP contribution is 1.96. The fourth-order valence-corrected chi connectivity index (χ4v) is 1.04. The predicted molar refractivity (Wildman–Crippen MR) is 47.8 cm³/mol. The summed E-state index contributed by atoms with van der Waals surface area (Å²) in [5.41, 5.74) is 1.52. The lowest BCUT2D eigenvalue weighted by molar-refractivity contribution is 0.373. The van der Waals surface area contributed by atoms with Crippen LogP contribution in [0.2, 0.25) is 0 Å². The summed E-state index contributed by atoms with van der Waals surface area (Å²) < 4.78 is 0. The molecular formula is C7H13Cl2N. The number of halogens is 2. The molecule has 60 valence electrons. The van der Waals surface area contributed by atoms with Crippen LogP contribution in [0.3, 0.4) is 0 Å². The van der Waals surface area contributed by atoms with E-state index in [0.29, 0.717) is 0 Å². The highest BCUT2D eigenvalue weighted by molar-refractivity contribution is 6.25. The average Bonchev–Trinajstić information content (AvgIpc) is 1.82. The average molecular weight is 182 g/mol. The van der Waals surface area contributed by atoms with Crippen LogP contribution in [0.4, 0.5) is 0 Å². The maximum absolute atomic E-state index is 5.75. The molecule has 1 unspecified atom stereocenters. The Labute approximate surface area is 72.6 Å². The van der Waals surface area contributed by atoms with Crippen LogP contribution < -0.4 is 0 Å². The third-order valence-corrected chi connectivity index (χ3v) is 1.39. The van der Waals surface area contributed by atoms with Crippen molar-refractivity contribution in [2.75, 3.05) is 20.1 Å². The highest BCUT2D eigenvalue weighted by Gasteiger charge is 1.99. The van der Waals surface area contributed by atoms with Gasteiger partial charge in [0.25, 0.3) is 0 Å². The minimum atomic E-state index is 0.203. The van der Waals surface area contributed by atoms with Crippen molar-refractivity contribution in [3.8, 4) is 0 Å². The monoisotopic (exact) mass is 181 g/mol. The Morgan fingerprint density at radius 3 is 2.60 bits per heavy atom. The largest absolute Gasteiger partial charge is 0.301 e. The Morgan fingerprint density at radius 2 is 2.20 bits per heavy atom. The number of alkyl halides is 1. The number of likely N-dealkylation sites (N-methyl/N-ethyl adjacent to an activating group) is 1. The van der Waals surface area contributed by atoms with E-state index in [2.05, 4.69) is 4.90 Å². The molecule has 1 atom stereocenters. The lowest BCUT2D eigenvalue weighted by atomic mass is 10.4. The SMILES string of the molecule is CC(Cl)CN(C)C/C=C/Cl. The molecule has 0 spiro atoms. The number of hydrogen-bond donors (Lipinski definition) is 0. The molecule has 1 nitrogen and oxygen atoms in total. The van der Waals surface area contributed by atoms with Gasteiger partial charge in [-0.1, -0.05) is 17.7 Å². The maximum atomic E-state index is 5.75. The normalized spacial score (nSPS) is 14.9. The third-order valence-electron chi connectivity index (χ3n) is 1.07. The molecule has 0 heterocycles. The molecule has 3 heteroatoms. The van der Waals surface area contributed by atoms with Crippen molar-refractivity contribution in [2.24, 2.45) is 0 Å². The van der Waals surface area contributed by atoms with E-state index in [1.807, 2.05) is 20.0 Å². The van der Waals surface area contributed by atoms with Gasteiger partial charge in [-0.3, -0.25) is 0 Å². The minimum absolute atomic E-state index is 0.203. The Kier molecular flexibility index (Phi) is 6.19. The first-order chi connectivity index (χ1) is 4.66. The van der Waals surface area contributed by atoms with E-state index < -0.39 is 0 Å². The van der Waals surface area contributed by atoms with Crippen molar-refractivity contribution in [1.29, 1.82) is 0 Å². The summed E-state index contributed by atoms with van der Waals surface area (Å²) in [7, 11) is 2.01. The summed E-state index contributed by atoms with van der Waals surface area (Å²) in [5, 5.41) is 0.203. The van der Waals surface area contributed by atoms with Crippen LogP contribution in [0.25, 0.3) is 0 Å². The van der Waals surface area contributed by atoms with Gasteiger partial charge < -0.3 is 4.90 Å². The van der Waals surface area contributed by atoms with E-state index in [-0.39, 0.29) is 5.38 Å². The molecule has 0 aromatic rings. The molecule has 0 radical (unpaired) electrons. The summed E-state index contributed by atoms with van der Waals surface area (Å²) in [6.45, 7) is 3.73. The third kappa shape index (κ3) is 6.40. The number of rotatable bonds is 4. The Balaban J connectivity index is 3.33. The maximum Gasteiger partial charge on any atom is 0.0435 e. The van der Waals surface area contributed by atoms with Gasteiger partial charge in [-0.15, -0.1) is 11.6 Å². The molecule has 0 fully saturated rings. The van der Waals surface area contributed by atoms with Crippen molar-refractivity contribution in [3.63, 3.8) is 0 Å². The summed E-state index contributed by atoms with van der Waals surface area (Å²) in [4.78, 5) is 2.11. The van der Waals surface area contributed by atoms with E-state index >= 15 is 0 Å². The van der Waals surface area contributed by atoms with Crippen LogP contribution in [0.5, 0.6) is 0 Å². The molecule has 0 N–H and O–H groups in total. The van der Waals surface area contributed by atoms with Gasteiger partial charge in [0, 0.05) is 24.0 Å². The standard InChI is InChI=1S/C7H13Cl2N/c1-7(9)6-10(2)5-3-4-8/h3-4,7H,5-6H2,1-2H3/b4-3+. The minimum Gasteiger partial charge on any atom is -0.301 e. The summed E-state index contributed by atoms with van der Waals surface area (Å²) in [6.07, 6.45) is 1.89. The van der Waals surface area contributed by atoms with Crippen molar-refractivity contribution in [2.45, 2.75) is 12.3 Å². The molecule has 0 amide bonds. The van der Waals surface area contributed by atoms with Gasteiger partial charge in [0.05, 0.1) is 0 Å². The van der Waals surface area contributed by atoms with E-state index in [0.717, 1.165) is 13.1 Å². The smallest absolute Gasteiger partial charge is 0.0435 e. The zero-order valence-corrected chi connectivity index (χ0v) is 7.86. The number of hydrogen-bond acceptors (Lipinski definition) is 1. The van der Waals surface area contributed by atoms with Crippen molar-refractivity contribution >= 4 is 23.2 Å². The van der Waals surface area contributed by atoms with Crippen LogP contribution in [-0.4, -0.2) is 30.4 Å². The van der Waals surface area contributed by atoms with E-state index in [9.17, 15) is 0 Å². The second-order valence-electron chi connectivity index (χ2n) is 2.36. The van der Waals surface area contributed by atoms with Gasteiger partial charge in [-0.2, -0.15) is 0 Å². The molecule has 0 aromatic carbocycles. The lowest BCUT2D eigenvalue weighted by Gasteiger charge is -2.14. The van der Waals surface area contributed by atoms with Gasteiger partial charge in [-0.05, 0) is 14.0 Å². The first kappa shape index (κ1) is 10.3. The first-order valence-electron chi connectivity index (χ1n) is 3.24. The molecule has 0 aliphatic carbocycles. The molecule has 0 aromatic heterocycles. The highest BCUT2D eigenvalue weighted by atomic mass is 35.5. The summed E-state index contributed by atoms with van der Waals surface area (Å²) in [6, 6.07) is 0. The van der Waals surface area contributed by atoms with Crippen molar-refractivity contribution in [3.05, 3.63) is 11.6 Å². The molecule has 0 saturated carbocycles. The van der Waals surface area contributed by atoms with Crippen molar-refractivity contribution < 1.29 is 0 Å². The van der Waals surface area contributed by atoms with Gasteiger partial charge in [0.2, 0.25) is 0 Å². The Bertz CT molecular complexity index is 102. The second-order valence-corrected chi connectivity index (χ2v) is 3.36. The van der Waals surface area contributed by atoms with Crippen LogP contribution in [-0.2, 0) is 0 Å². The van der Waals surface area contributed by atoms with Crippen LogP contribution in [0.1, 0.15) is 6.92 Å². The molecule has 0 rings (SSSR count). The fourth-order valence-electron chi connectivity index (χ4n) is 0.724. The fraction of sp³-hybridized carbons (Fsp3) is 0.714. The quantitative estimate of drug-likeness (QED) is 0.603. The molecule has 0 saturated heterocycles. The Hall–Kier alpha value is 0.280. The van der Waals surface area contributed by atoms with Crippen LogP contribution >= 0.6 is 23.2 Å². The molecular weight excluding hydrogens is 169 g/mol. The van der Waals surface area contributed by atoms with E-state index in [4.69, 9.17) is 23.2 Å². The van der Waals surface area contributed by atoms with Gasteiger partial charge in [-0.25, -0.2) is 0 Å². The molecule has 0 aliphatic heterocycles. The van der Waals surface area contributed by atoms with Crippen LogP contribution in [0, 0.1) is 0 Å². The Morgan fingerprint density at radius 1 is 1.60 bits per heavy atom. The zero-order valence-electron chi connectivity index (χ0n) is 6.35. The summed E-state index contributed by atoms with van der Waals surface area (Å²) >= 11 is 11.1. The van der Waals surface area contributed by atoms with E-state index in [1.165, 1.54) is 5.54 Å².